The molecule has 156 valence electrons. The van der Waals surface area contributed by atoms with E-state index >= 15 is 0 Å². The van der Waals surface area contributed by atoms with Gasteiger partial charge in [-0.25, -0.2) is 33.1 Å². The van der Waals surface area contributed by atoms with Crippen LogP contribution in [0.1, 0.15) is 17.5 Å². The SMILES string of the molecule is N#Cc1cnc2c(Nc3cc(F)c(F)c([C@@]4(CF)N=C(N)SC5C[C@H]54)c3)ncnc2c1. The maximum absolute atomic E-state index is 14.8. The summed E-state index contributed by atoms with van der Waals surface area (Å²) in [7, 11) is 0. The van der Waals surface area contributed by atoms with Gasteiger partial charge in [0.15, 0.2) is 22.6 Å². The molecule has 0 bridgehead atoms. The van der Waals surface area contributed by atoms with Crippen LogP contribution in [0.4, 0.5) is 24.7 Å². The lowest BCUT2D eigenvalue weighted by molar-refractivity contribution is 0.269. The molecular formula is C20H14F3N7S. The zero-order chi connectivity index (χ0) is 21.8. The summed E-state index contributed by atoms with van der Waals surface area (Å²) in [6, 6.07) is 5.80. The molecule has 2 aromatic heterocycles. The van der Waals surface area contributed by atoms with Crippen LogP contribution in [0.5, 0.6) is 0 Å². The van der Waals surface area contributed by atoms with Gasteiger partial charge < -0.3 is 11.1 Å². The Hall–Kier alpha value is -3.39. The summed E-state index contributed by atoms with van der Waals surface area (Å²) in [6.07, 6.45) is 3.24. The second-order valence-corrected chi connectivity index (χ2v) is 8.64. The van der Waals surface area contributed by atoms with E-state index in [2.05, 4.69) is 25.3 Å². The minimum atomic E-state index is -1.56. The van der Waals surface area contributed by atoms with E-state index in [1.807, 2.05) is 6.07 Å². The van der Waals surface area contributed by atoms with E-state index in [9.17, 15) is 13.2 Å². The lowest BCUT2D eigenvalue weighted by atomic mass is 9.85. The zero-order valence-corrected chi connectivity index (χ0v) is 16.6. The molecule has 0 amide bonds. The normalized spacial score (nSPS) is 24.3. The first kappa shape index (κ1) is 19.6. The van der Waals surface area contributed by atoms with Crippen molar-refractivity contribution in [3.63, 3.8) is 0 Å². The number of nitriles is 1. The van der Waals surface area contributed by atoms with Gasteiger partial charge in [-0.1, -0.05) is 11.8 Å². The molecule has 1 aliphatic heterocycles. The number of aliphatic imine (C=N–C) groups is 1. The number of nitrogens with two attached hydrogens (primary N) is 1. The van der Waals surface area contributed by atoms with Crippen LogP contribution in [0.15, 0.2) is 35.7 Å². The number of pyridine rings is 1. The number of hydrogen-bond donors (Lipinski definition) is 2. The third-order valence-electron chi connectivity index (χ3n) is 5.49. The van der Waals surface area contributed by atoms with Crippen molar-refractivity contribution >= 4 is 39.5 Å². The first-order chi connectivity index (χ1) is 14.9. The summed E-state index contributed by atoms with van der Waals surface area (Å²) >= 11 is 1.33. The number of nitrogens with zero attached hydrogens (tertiary/aromatic N) is 5. The highest BCUT2D eigenvalue weighted by Gasteiger charge is 2.58. The van der Waals surface area contributed by atoms with E-state index in [1.165, 1.54) is 36.4 Å². The Kier molecular flexibility index (Phi) is 4.48. The van der Waals surface area contributed by atoms with Crippen molar-refractivity contribution in [3.8, 4) is 6.07 Å². The Morgan fingerprint density at radius 3 is 2.87 bits per heavy atom. The van der Waals surface area contributed by atoms with Crippen molar-refractivity contribution in [1.82, 2.24) is 15.0 Å². The highest BCUT2D eigenvalue weighted by molar-refractivity contribution is 8.14. The predicted molar refractivity (Wildman–Crippen MR) is 110 cm³/mol. The fraction of sp³-hybridized carbons (Fsp3) is 0.250. The van der Waals surface area contributed by atoms with Crippen molar-refractivity contribution in [2.75, 3.05) is 12.0 Å². The van der Waals surface area contributed by atoms with Gasteiger partial charge in [-0.05, 0) is 18.6 Å². The van der Waals surface area contributed by atoms with Gasteiger partial charge >= 0.3 is 0 Å². The van der Waals surface area contributed by atoms with Crippen molar-refractivity contribution in [3.05, 3.63) is 53.5 Å². The molecule has 7 nitrogen and oxygen atoms in total. The number of rotatable bonds is 4. The number of hydrogen-bond acceptors (Lipinski definition) is 8. The highest BCUT2D eigenvalue weighted by Crippen LogP contribution is 2.58. The number of amidine groups is 1. The molecule has 3 N–H and O–H groups in total. The number of benzene rings is 1. The van der Waals surface area contributed by atoms with Gasteiger partial charge in [-0.15, -0.1) is 0 Å². The molecule has 11 heteroatoms. The van der Waals surface area contributed by atoms with Crippen molar-refractivity contribution in [2.24, 2.45) is 16.6 Å². The smallest absolute Gasteiger partial charge is 0.164 e. The maximum Gasteiger partial charge on any atom is 0.164 e. The molecule has 1 saturated carbocycles. The summed E-state index contributed by atoms with van der Waals surface area (Å²) in [4.78, 5) is 16.6. The summed E-state index contributed by atoms with van der Waals surface area (Å²) in [6.45, 7) is -0.996. The topological polar surface area (TPSA) is 113 Å². The van der Waals surface area contributed by atoms with Crippen molar-refractivity contribution in [1.29, 1.82) is 5.26 Å². The Balaban J connectivity index is 1.60. The molecule has 3 heterocycles. The third kappa shape index (κ3) is 3.14. The molecule has 0 spiro atoms. The van der Waals surface area contributed by atoms with E-state index in [-0.39, 0.29) is 33.4 Å². The molecule has 0 radical (unpaired) electrons. The Morgan fingerprint density at radius 2 is 2.10 bits per heavy atom. The second-order valence-electron chi connectivity index (χ2n) is 7.38. The van der Waals surface area contributed by atoms with Crippen LogP contribution in [0.3, 0.4) is 0 Å². The molecule has 1 aliphatic carbocycles. The number of anilines is 2. The third-order valence-corrected chi connectivity index (χ3v) is 6.65. The lowest BCUT2D eigenvalue weighted by Crippen LogP contribution is -2.37. The van der Waals surface area contributed by atoms with Gasteiger partial charge in [-0.3, -0.25) is 0 Å². The van der Waals surface area contributed by atoms with Crippen LogP contribution < -0.4 is 11.1 Å². The minimum absolute atomic E-state index is 0.0386. The van der Waals surface area contributed by atoms with E-state index in [1.54, 1.807) is 0 Å². The standard InChI is InChI=1S/C20H14F3N7S/c21-7-20(11-4-15(11)31-19(25)30-20)12-2-10(3-13(22)16(12)23)29-18-17-14(27-8-28-18)1-9(5-24)6-26-17/h1-3,6,8,11,15H,4,7H2,(H2,25,30)(H,27,28,29)/t11-,15?,20+/m1/s1. The second kappa shape index (κ2) is 7.09. The minimum Gasteiger partial charge on any atom is -0.379 e. The summed E-state index contributed by atoms with van der Waals surface area (Å²) < 4.78 is 43.7. The highest BCUT2D eigenvalue weighted by atomic mass is 32.2. The molecule has 31 heavy (non-hydrogen) atoms. The average Bonchev–Trinajstić information content (AvgIpc) is 3.55. The quantitative estimate of drug-likeness (QED) is 0.637. The Morgan fingerprint density at radius 1 is 1.26 bits per heavy atom. The van der Waals surface area contributed by atoms with Gasteiger partial charge in [-0.2, -0.15) is 5.26 Å². The first-order valence-electron chi connectivity index (χ1n) is 9.30. The molecule has 3 aromatic rings. The van der Waals surface area contributed by atoms with Crippen LogP contribution in [-0.4, -0.2) is 32.0 Å². The summed E-state index contributed by atoms with van der Waals surface area (Å²) in [5, 5.41) is 12.1. The van der Waals surface area contributed by atoms with Gasteiger partial charge in [0.2, 0.25) is 0 Å². The number of nitrogens with one attached hydrogen (secondary N) is 1. The molecule has 0 saturated heterocycles. The Bertz CT molecular complexity index is 1290. The maximum atomic E-state index is 14.8. The van der Waals surface area contributed by atoms with Gasteiger partial charge in [0.25, 0.3) is 0 Å². The number of alkyl halides is 1. The molecule has 5 rings (SSSR count). The van der Waals surface area contributed by atoms with E-state index in [0.717, 1.165) is 6.07 Å². The molecule has 1 unspecified atom stereocenters. The van der Waals surface area contributed by atoms with E-state index < -0.39 is 23.8 Å². The molecular weight excluding hydrogens is 427 g/mol. The lowest BCUT2D eigenvalue weighted by Gasteiger charge is -2.31. The van der Waals surface area contributed by atoms with Crippen molar-refractivity contribution < 1.29 is 13.2 Å². The largest absolute Gasteiger partial charge is 0.379 e. The fourth-order valence-electron chi connectivity index (χ4n) is 3.94. The zero-order valence-electron chi connectivity index (χ0n) is 15.8. The monoisotopic (exact) mass is 441 g/mol. The molecule has 2 aliphatic rings. The molecule has 1 aromatic carbocycles. The Labute approximate surface area is 178 Å². The van der Waals surface area contributed by atoms with Gasteiger partial charge in [0.05, 0.1) is 11.1 Å². The first-order valence-corrected chi connectivity index (χ1v) is 10.2. The van der Waals surface area contributed by atoms with Crippen LogP contribution in [0, 0.1) is 28.9 Å². The summed E-state index contributed by atoms with van der Waals surface area (Å²) in [5.74, 6) is -2.33. The number of halogens is 3. The number of fused-ring (bicyclic) bond motifs is 2. The van der Waals surface area contributed by atoms with E-state index in [4.69, 9.17) is 11.0 Å². The van der Waals surface area contributed by atoms with Crippen LogP contribution in [0.25, 0.3) is 11.0 Å². The van der Waals surface area contributed by atoms with E-state index in [0.29, 0.717) is 23.0 Å². The predicted octanol–water partition coefficient (Wildman–Crippen LogP) is 3.53. The van der Waals surface area contributed by atoms with Gasteiger partial charge in [0.1, 0.15) is 30.1 Å². The molecule has 3 atom stereocenters. The summed E-state index contributed by atoms with van der Waals surface area (Å²) in [5.41, 5.74) is 5.31. The number of thioether (sulfide) groups is 1. The van der Waals surface area contributed by atoms with Gasteiger partial charge in [0, 0.05) is 34.7 Å². The van der Waals surface area contributed by atoms with Crippen molar-refractivity contribution in [2.45, 2.75) is 17.2 Å². The average molecular weight is 441 g/mol. The van der Waals surface area contributed by atoms with Crippen LogP contribution in [0.2, 0.25) is 0 Å². The van der Waals surface area contributed by atoms with Crippen LogP contribution >= 0.6 is 11.8 Å². The van der Waals surface area contributed by atoms with Crippen LogP contribution in [-0.2, 0) is 5.54 Å². The fourth-order valence-corrected chi connectivity index (χ4v) is 5.15. The molecule has 1 fully saturated rings. The number of aromatic nitrogens is 3.